The van der Waals surface area contributed by atoms with Crippen molar-refractivity contribution in [1.29, 1.82) is 5.26 Å². The van der Waals surface area contributed by atoms with E-state index in [0.717, 1.165) is 31.4 Å². The maximum absolute atomic E-state index is 12.8. The zero-order valence-electron chi connectivity index (χ0n) is 16.0. The molecule has 0 spiro atoms. The molecule has 2 aromatic heterocycles. The molecule has 1 amide bonds. The number of rotatable bonds is 4. The van der Waals surface area contributed by atoms with Crippen molar-refractivity contribution in [3.63, 3.8) is 0 Å². The molecule has 8 heteroatoms. The maximum Gasteiger partial charge on any atom is 0.264 e. The highest BCUT2D eigenvalue weighted by atomic mass is 16.2. The number of fused-ring (bicyclic) bond motifs is 1. The van der Waals surface area contributed by atoms with Crippen LogP contribution in [0.15, 0.2) is 47.7 Å². The Labute approximate surface area is 167 Å². The van der Waals surface area contributed by atoms with Crippen molar-refractivity contribution in [3.05, 3.63) is 53.2 Å². The molecule has 0 atom stereocenters. The second kappa shape index (κ2) is 7.87. The lowest BCUT2D eigenvalue weighted by Gasteiger charge is -2.26. The Kier molecular flexibility index (Phi) is 5.12. The smallest absolute Gasteiger partial charge is 0.264 e. The zero-order valence-corrected chi connectivity index (χ0v) is 16.0. The number of benzene rings is 1. The van der Waals surface area contributed by atoms with E-state index in [1.165, 1.54) is 17.1 Å². The highest BCUT2D eigenvalue weighted by Gasteiger charge is 2.32. The van der Waals surface area contributed by atoms with Crippen LogP contribution in [-0.4, -0.2) is 30.8 Å². The first-order chi connectivity index (χ1) is 14.1. The van der Waals surface area contributed by atoms with Crippen LogP contribution in [0.25, 0.3) is 16.7 Å². The normalized spacial score (nSPS) is 16.1. The summed E-state index contributed by atoms with van der Waals surface area (Å²) in [6.07, 6.45) is 8.09. The predicted molar refractivity (Wildman–Crippen MR) is 107 cm³/mol. The first-order valence-electron chi connectivity index (χ1n) is 9.83. The Balaban J connectivity index is 1.57. The fourth-order valence-electron chi connectivity index (χ4n) is 3.88. The van der Waals surface area contributed by atoms with E-state index in [-0.39, 0.29) is 18.0 Å². The van der Waals surface area contributed by atoms with E-state index < -0.39 is 5.54 Å². The van der Waals surface area contributed by atoms with Crippen molar-refractivity contribution >= 4 is 16.9 Å². The van der Waals surface area contributed by atoms with Gasteiger partial charge in [-0.05, 0) is 25.0 Å². The minimum absolute atomic E-state index is 0.179. The Hall–Kier alpha value is -3.47. The number of amides is 1. The van der Waals surface area contributed by atoms with Crippen LogP contribution in [0.2, 0.25) is 0 Å². The van der Waals surface area contributed by atoms with Crippen LogP contribution in [0.3, 0.4) is 0 Å². The van der Waals surface area contributed by atoms with Gasteiger partial charge in [0.15, 0.2) is 5.65 Å². The molecule has 3 aromatic rings. The van der Waals surface area contributed by atoms with Crippen LogP contribution in [0.5, 0.6) is 0 Å². The molecule has 0 radical (unpaired) electrons. The quantitative estimate of drug-likeness (QED) is 0.688. The third-order valence-electron chi connectivity index (χ3n) is 5.42. The van der Waals surface area contributed by atoms with Crippen LogP contribution in [-0.2, 0) is 11.3 Å². The molecule has 0 saturated heterocycles. The van der Waals surface area contributed by atoms with Crippen LogP contribution in [0.1, 0.15) is 38.5 Å². The molecule has 148 valence electrons. The number of hydrogen-bond acceptors (Lipinski definition) is 5. The molecule has 2 heterocycles. The average Bonchev–Trinajstić information content (AvgIpc) is 3.04. The number of nitriles is 1. The molecular weight excluding hydrogens is 368 g/mol. The number of aromatic nitrogens is 4. The fourth-order valence-corrected chi connectivity index (χ4v) is 3.88. The van der Waals surface area contributed by atoms with Gasteiger partial charge in [0.1, 0.15) is 23.8 Å². The number of para-hydroxylation sites is 1. The SMILES string of the molecule is N#CC1(NC(=O)Cn2cnc3c(cnn3-c3ccccc3)c2=O)CCCCCC1. The van der Waals surface area contributed by atoms with Crippen LogP contribution >= 0.6 is 0 Å². The van der Waals surface area contributed by atoms with Gasteiger partial charge in [-0.15, -0.1) is 0 Å². The Morgan fingerprint density at radius 1 is 1.17 bits per heavy atom. The third-order valence-corrected chi connectivity index (χ3v) is 5.42. The number of carbonyl (C=O) groups is 1. The minimum Gasteiger partial charge on any atom is -0.336 e. The largest absolute Gasteiger partial charge is 0.336 e. The van der Waals surface area contributed by atoms with E-state index in [4.69, 9.17) is 0 Å². The van der Waals surface area contributed by atoms with Gasteiger partial charge >= 0.3 is 0 Å². The summed E-state index contributed by atoms with van der Waals surface area (Å²) in [5.41, 5.74) is 0.0657. The molecule has 4 rings (SSSR count). The lowest BCUT2D eigenvalue weighted by atomic mass is 9.92. The molecule has 1 aliphatic carbocycles. The minimum atomic E-state index is -0.840. The number of nitrogens with one attached hydrogen (secondary N) is 1. The van der Waals surface area contributed by atoms with Gasteiger partial charge < -0.3 is 5.32 Å². The van der Waals surface area contributed by atoms with Gasteiger partial charge in [0.2, 0.25) is 5.91 Å². The summed E-state index contributed by atoms with van der Waals surface area (Å²) >= 11 is 0. The molecule has 1 aliphatic rings. The van der Waals surface area contributed by atoms with Gasteiger partial charge in [-0.2, -0.15) is 10.4 Å². The highest BCUT2D eigenvalue weighted by Crippen LogP contribution is 2.26. The van der Waals surface area contributed by atoms with E-state index in [2.05, 4.69) is 21.5 Å². The maximum atomic E-state index is 12.8. The average molecular weight is 390 g/mol. The summed E-state index contributed by atoms with van der Waals surface area (Å²) in [7, 11) is 0. The second-order valence-electron chi connectivity index (χ2n) is 7.46. The van der Waals surface area contributed by atoms with E-state index in [1.54, 1.807) is 4.68 Å². The van der Waals surface area contributed by atoms with Crippen molar-refractivity contribution in [2.45, 2.75) is 50.6 Å². The molecule has 0 aliphatic heterocycles. The Morgan fingerprint density at radius 3 is 2.59 bits per heavy atom. The van der Waals surface area contributed by atoms with Gasteiger partial charge in [-0.3, -0.25) is 14.2 Å². The van der Waals surface area contributed by atoms with Crippen molar-refractivity contribution < 1.29 is 4.79 Å². The first-order valence-corrected chi connectivity index (χ1v) is 9.83. The van der Waals surface area contributed by atoms with Gasteiger partial charge in [-0.25, -0.2) is 9.67 Å². The standard InChI is InChI=1S/C21H22N6O2/c22-14-21(10-6-1-2-7-11-21)25-18(28)13-26-15-23-19-17(20(26)29)12-24-27(19)16-8-4-3-5-9-16/h3-5,8-9,12,15H,1-2,6-7,10-11,13H2,(H,25,28). The van der Waals surface area contributed by atoms with Gasteiger partial charge in [0, 0.05) is 0 Å². The van der Waals surface area contributed by atoms with E-state index in [9.17, 15) is 14.9 Å². The summed E-state index contributed by atoms with van der Waals surface area (Å²) in [5, 5.41) is 17.1. The summed E-state index contributed by atoms with van der Waals surface area (Å²) < 4.78 is 2.85. The number of nitrogens with zero attached hydrogens (tertiary/aromatic N) is 5. The van der Waals surface area contributed by atoms with Gasteiger partial charge in [-0.1, -0.05) is 43.9 Å². The van der Waals surface area contributed by atoms with E-state index in [1.807, 2.05) is 30.3 Å². The van der Waals surface area contributed by atoms with Crippen molar-refractivity contribution in [3.8, 4) is 11.8 Å². The molecule has 1 aromatic carbocycles. The molecule has 1 saturated carbocycles. The number of hydrogen-bond donors (Lipinski definition) is 1. The topological polar surface area (TPSA) is 106 Å². The molecule has 29 heavy (non-hydrogen) atoms. The van der Waals surface area contributed by atoms with Crippen LogP contribution in [0, 0.1) is 11.3 Å². The molecule has 8 nitrogen and oxygen atoms in total. The molecule has 1 fully saturated rings. The zero-order chi connectivity index (χ0) is 20.3. The second-order valence-corrected chi connectivity index (χ2v) is 7.46. The number of carbonyl (C=O) groups excluding carboxylic acids is 1. The van der Waals surface area contributed by atoms with Crippen molar-refractivity contribution in [2.75, 3.05) is 0 Å². The first kappa shape index (κ1) is 18.9. The monoisotopic (exact) mass is 390 g/mol. The summed E-state index contributed by atoms with van der Waals surface area (Å²) in [5.74, 6) is -0.354. The Bertz CT molecular complexity index is 1120. The highest BCUT2D eigenvalue weighted by molar-refractivity contribution is 5.78. The van der Waals surface area contributed by atoms with Crippen LogP contribution < -0.4 is 10.9 Å². The summed E-state index contributed by atoms with van der Waals surface area (Å²) in [6.45, 7) is -0.179. The van der Waals surface area contributed by atoms with Gasteiger partial charge in [0.05, 0.1) is 18.0 Å². The molecule has 0 unspecified atom stereocenters. The van der Waals surface area contributed by atoms with Crippen molar-refractivity contribution in [1.82, 2.24) is 24.6 Å². The van der Waals surface area contributed by atoms with E-state index in [0.29, 0.717) is 23.9 Å². The summed E-state index contributed by atoms with van der Waals surface area (Å²) in [6, 6.07) is 11.7. The summed E-state index contributed by atoms with van der Waals surface area (Å²) in [4.78, 5) is 29.8. The lowest BCUT2D eigenvalue weighted by molar-refractivity contribution is -0.123. The fraction of sp³-hybridized carbons (Fsp3) is 0.381. The predicted octanol–water partition coefficient (Wildman–Crippen LogP) is 2.31. The van der Waals surface area contributed by atoms with E-state index >= 15 is 0 Å². The lowest BCUT2D eigenvalue weighted by Crippen LogP contribution is -2.48. The Morgan fingerprint density at radius 2 is 1.90 bits per heavy atom. The van der Waals surface area contributed by atoms with Crippen LogP contribution in [0.4, 0.5) is 0 Å². The van der Waals surface area contributed by atoms with Gasteiger partial charge in [0.25, 0.3) is 5.56 Å². The third kappa shape index (κ3) is 3.76. The molecule has 0 bridgehead atoms. The molecular formula is C21H22N6O2. The van der Waals surface area contributed by atoms with Crippen molar-refractivity contribution in [2.24, 2.45) is 0 Å². The molecule has 1 N–H and O–H groups in total.